The maximum absolute atomic E-state index is 12.5. The molecule has 14 heteroatoms. The summed E-state index contributed by atoms with van der Waals surface area (Å²) in [6.07, 6.45) is 0.308. The minimum atomic E-state index is -1.31. The van der Waals surface area contributed by atoms with Crippen LogP contribution in [0.5, 0.6) is 0 Å². The number of rotatable bonds is 8. The molecule has 1 aliphatic rings. The van der Waals surface area contributed by atoms with Crippen LogP contribution < -0.4 is 5.32 Å². The number of hydroxylamine groups is 2. The van der Waals surface area contributed by atoms with E-state index in [0.29, 0.717) is 5.06 Å². The van der Waals surface area contributed by atoms with Crippen molar-refractivity contribution in [2.24, 2.45) is 0 Å². The van der Waals surface area contributed by atoms with Gasteiger partial charge in [-0.05, 0) is 37.6 Å². The minimum absolute atomic E-state index is 0.0791. The van der Waals surface area contributed by atoms with E-state index in [1.165, 1.54) is 18.3 Å². The van der Waals surface area contributed by atoms with Crippen LogP contribution in [0.3, 0.4) is 0 Å². The molecule has 0 spiro atoms. The largest absolute Gasteiger partial charge is 0.444 e. The summed E-state index contributed by atoms with van der Waals surface area (Å²) in [4.78, 5) is 67.3. The van der Waals surface area contributed by atoms with E-state index in [-0.39, 0.29) is 29.3 Å². The van der Waals surface area contributed by atoms with Crippen molar-refractivity contribution < 1.29 is 33.7 Å². The molecular weight excluding hydrogens is 452 g/mol. The van der Waals surface area contributed by atoms with Crippen LogP contribution in [0.25, 0.3) is 0 Å². The lowest BCUT2D eigenvalue weighted by Gasteiger charge is -2.23. The molecule has 2 rings (SSSR count). The number of amides is 3. The van der Waals surface area contributed by atoms with Gasteiger partial charge < -0.3 is 14.9 Å². The van der Waals surface area contributed by atoms with Gasteiger partial charge in [-0.2, -0.15) is 0 Å². The van der Waals surface area contributed by atoms with Gasteiger partial charge in [-0.25, -0.2) is 14.6 Å². The van der Waals surface area contributed by atoms with E-state index in [1.807, 2.05) is 0 Å². The summed E-state index contributed by atoms with van der Waals surface area (Å²) in [5.41, 5.74) is -1.05. The van der Waals surface area contributed by atoms with E-state index in [1.54, 1.807) is 20.8 Å². The van der Waals surface area contributed by atoms with E-state index < -0.39 is 40.4 Å². The fourth-order valence-corrected chi connectivity index (χ4v) is 4.37. The first-order chi connectivity index (χ1) is 14.5. The number of carbonyl (C=O) groups is 4. The zero-order valence-electron chi connectivity index (χ0n) is 16.9. The molecule has 1 N–H and O–H groups in total. The Labute approximate surface area is 184 Å². The zero-order valence-corrected chi connectivity index (χ0v) is 18.5. The van der Waals surface area contributed by atoms with Crippen LogP contribution in [0.2, 0.25) is 0 Å². The van der Waals surface area contributed by atoms with Crippen LogP contribution in [0.4, 0.5) is 10.5 Å². The molecule has 2 heterocycles. The number of aromatic nitrogens is 1. The number of nitrogens with one attached hydrogen (secondary N) is 1. The van der Waals surface area contributed by atoms with Crippen molar-refractivity contribution in [1.82, 2.24) is 15.4 Å². The summed E-state index contributed by atoms with van der Waals surface area (Å²) in [7, 11) is 1.91. The average molecular weight is 473 g/mol. The molecule has 0 saturated carbocycles. The lowest BCUT2D eigenvalue weighted by atomic mass is 10.2. The Balaban J connectivity index is 2.07. The number of carbonyl (C=O) groups excluding carboxylic acids is 4. The number of nitro groups is 1. The molecule has 1 aromatic heterocycles. The van der Waals surface area contributed by atoms with Crippen LogP contribution in [-0.4, -0.2) is 56.2 Å². The van der Waals surface area contributed by atoms with E-state index in [9.17, 15) is 29.3 Å². The second-order valence-corrected chi connectivity index (χ2v) is 9.47. The maximum atomic E-state index is 12.5. The van der Waals surface area contributed by atoms with E-state index in [0.717, 1.165) is 21.6 Å². The number of ether oxygens (including phenoxy) is 1. The number of hydrogen-bond acceptors (Lipinski definition) is 11. The smallest absolute Gasteiger partial charge is 0.408 e. The third-order valence-electron chi connectivity index (χ3n) is 3.48. The molecule has 1 saturated heterocycles. The second-order valence-electron chi connectivity index (χ2n) is 7.14. The molecule has 0 unspecified atom stereocenters. The Kier molecular flexibility index (Phi) is 8.21. The van der Waals surface area contributed by atoms with Crippen molar-refractivity contribution >= 4 is 51.2 Å². The Morgan fingerprint density at radius 3 is 2.55 bits per heavy atom. The number of alkyl carbamates (subject to hydrolysis) is 1. The third-order valence-corrected chi connectivity index (χ3v) is 5.78. The van der Waals surface area contributed by atoms with Gasteiger partial charge in [0.15, 0.2) is 5.03 Å². The summed E-state index contributed by atoms with van der Waals surface area (Å²) in [5.74, 6) is -2.51. The highest BCUT2D eigenvalue weighted by Crippen LogP contribution is 2.35. The topological polar surface area (TPSA) is 158 Å². The first-order valence-electron chi connectivity index (χ1n) is 8.94. The van der Waals surface area contributed by atoms with Crippen LogP contribution >= 0.6 is 21.6 Å². The van der Waals surface area contributed by atoms with Gasteiger partial charge in [0.25, 0.3) is 11.8 Å². The van der Waals surface area contributed by atoms with Crippen LogP contribution in [0, 0.1) is 10.1 Å². The van der Waals surface area contributed by atoms with Gasteiger partial charge in [0.05, 0.1) is 4.92 Å². The molecular formula is C17H20N4O8S2. The molecule has 0 aromatic carbocycles. The Morgan fingerprint density at radius 1 is 1.32 bits per heavy atom. The van der Waals surface area contributed by atoms with Crippen molar-refractivity contribution in [3.8, 4) is 0 Å². The van der Waals surface area contributed by atoms with Crippen molar-refractivity contribution in [3.05, 3.63) is 28.4 Å². The summed E-state index contributed by atoms with van der Waals surface area (Å²) in [6.45, 7) is 4.89. The van der Waals surface area contributed by atoms with E-state index in [4.69, 9.17) is 9.57 Å². The van der Waals surface area contributed by atoms with Crippen LogP contribution in [-0.2, 0) is 24.0 Å². The molecule has 0 radical (unpaired) electrons. The lowest BCUT2D eigenvalue weighted by molar-refractivity contribution is -0.388. The van der Waals surface area contributed by atoms with Gasteiger partial charge in [0.2, 0.25) is 0 Å². The van der Waals surface area contributed by atoms with Crippen molar-refractivity contribution in [1.29, 1.82) is 0 Å². The molecule has 0 bridgehead atoms. The van der Waals surface area contributed by atoms with Crippen molar-refractivity contribution in [2.75, 3.05) is 5.75 Å². The van der Waals surface area contributed by atoms with Gasteiger partial charge in [-0.15, -0.1) is 5.06 Å². The molecule has 168 valence electrons. The second kappa shape index (κ2) is 10.4. The molecule has 1 fully saturated rings. The van der Waals surface area contributed by atoms with E-state index >= 15 is 0 Å². The minimum Gasteiger partial charge on any atom is -0.444 e. The normalized spacial score (nSPS) is 14.9. The van der Waals surface area contributed by atoms with Gasteiger partial charge >= 0.3 is 17.7 Å². The summed E-state index contributed by atoms with van der Waals surface area (Å²) < 4.78 is 5.12. The molecule has 12 nitrogen and oxygen atoms in total. The van der Waals surface area contributed by atoms with Gasteiger partial charge in [0.1, 0.15) is 11.6 Å². The Hall–Kier alpha value is -2.87. The quantitative estimate of drug-likeness (QED) is 0.256. The first-order valence-corrected chi connectivity index (χ1v) is 11.3. The number of imide groups is 1. The first kappa shape index (κ1) is 24.4. The van der Waals surface area contributed by atoms with Crippen molar-refractivity contribution in [3.63, 3.8) is 0 Å². The maximum Gasteiger partial charge on any atom is 0.408 e. The Bertz CT molecular complexity index is 873. The molecule has 31 heavy (non-hydrogen) atoms. The molecule has 1 atom stereocenters. The standard InChI is InChI=1S/C17H20N4O8S2/c1-17(2,3)28-16(25)19-10(15(24)29-20-12(22)6-7-13(20)23)9-30-31-14-11(21(26)27)5-4-8-18-14/h4-5,8,10H,6-7,9H2,1-3H3,(H,19,25)/t10-/m0/s1. The van der Waals surface area contributed by atoms with Crippen LogP contribution in [0.1, 0.15) is 33.6 Å². The van der Waals surface area contributed by atoms with Gasteiger partial charge in [0, 0.05) is 30.9 Å². The summed E-state index contributed by atoms with van der Waals surface area (Å²) >= 11 is 0. The highest BCUT2D eigenvalue weighted by atomic mass is 33.1. The van der Waals surface area contributed by atoms with Gasteiger partial charge in [-0.3, -0.25) is 19.7 Å². The fraction of sp³-hybridized carbons (Fsp3) is 0.471. The fourth-order valence-electron chi connectivity index (χ4n) is 2.17. The molecule has 0 aliphatic carbocycles. The predicted molar refractivity (Wildman–Crippen MR) is 110 cm³/mol. The molecule has 1 aromatic rings. The molecule has 3 amide bonds. The zero-order chi connectivity index (χ0) is 23.2. The third kappa shape index (κ3) is 7.40. The SMILES string of the molecule is CC(C)(C)OC(=O)N[C@@H](CSSc1ncccc1[N+](=O)[O-])C(=O)ON1C(=O)CCC1=O. The highest BCUT2D eigenvalue weighted by Gasteiger charge is 2.36. The average Bonchev–Trinajstić information content (AvgIpc) is 2.98. The highest BCUT2D eigenvalue weighted by molar-refractivity contribution is 8.76. The number of hydrogen-bond donors (Lipinski definition) is 1. The monoisotopic (exact) mass is 472 g/mol. The Morgan fingerprint density at radius 2 is 1.97 bits per heavy atom. The van der Waals surface area contributed by atoms with Gasteiger partial charge in [-0.1, -0.05) is 10.8 Å². The summed E-state index contributed by atoms with van der Waals surface area (Å²) in [6, 6.07) is 1.39. The number of pyridine rings is 1. The lowest BCUT2D eigenvalue weighted by Crippen LogP contribution is -2.48. The van der Waals surface area contributed by atoms with E-state index in [2.05, 4.69) is 10.3 Å². The van der Waals surface area contributed by atoms with Crippen molar-refractivity contribution in [2.45, 2.75) is 50.3 Å². The number of nitrogens with zero attached hydrogens (tertiary/aromatic N) is 3. The predicted octanol–water partition coefficient (Wildman–Crippen LogP) is 2.23. The van der Waals surface area contributed by atoms with Crippen LogP contribution in [0.15, 0.2) is 23.4 Å². The summed E-state index contributed by atoms with van der Waals surface area (Å²) in [5, 5.41) is 13.9. The molecule has 1 aliphatic heterocycles.